The maximum atomic E-state index is 13.1. The normalized spacial score (nSPS) is 34.6. The zero-order valence-electron chi connectivity index (χ0n) is 20.9. The van der Waals surface area contributed by atoms with Gasteiger partial charge in [-0.1, -0.05) is 6.92 Å². The van der Waals surface area contributed by atoms with E-state index in [1.165, 1.54) is 16.7 Å². The third-order valence-corrected chi connectivity index (χ3v) is 9.25. The molecule has 0 aromatic heterocycles. The Kier molecular flexibility index (Phi) is 7.95. The Morgan fingerprint density at radius 1 is 1.31 bits per heavy atom. The highest BCUT2D eigenvalue weighted by Gasteiger charge is 2.60. The average molecular weight is 524 g/mol. The van der Waals surface area contributed by atoms with E-state index in [0.717, 1.165) is 0 Å². The number of carboxylic acid groups (broad SMARTS) is 1. The second-order valence-electron chi connectivity index (χ2n) is 10.2. The number of carbonyl (C=O) groups is 4. The third kappa shape index (κ3) is 4.74. The average Bonchev–Trinajstić information content (AvgIpc) is 3.49. The fourth-order valence-electron chi connectivity index (χ4n) is 6.06. The molecule has 0 saturated carbocycles. The van der Waals surface area contributed by atoms with Crippen LogP contribution in [0.5, 0.6) is 0 Å². The minimum Gasteiger partial charge on any atom is -0.477 e. The van der Waals surface area contributed by atoms with Crippen molar-refractivity contribution >= 4 is 35.5 Å². The molecule has 36 heavy (non-hydrogen) atoms. The molecular formula is C23H37N7O5S. The van der Waals surface area contributed by atoms with Gasteiger partial charge >= 0.3 is 5.97 Å². The van der Waals surface area contributed by atoms with Crippen molar-refractivity contribution in [3.8, 4) is 0 Å². The van der Waals surface area contributed by atoms with Crippen LogP contribution < -0.4 is 27.4 Å². The largest absolute Gasteiger partial charge is 0.477 e. The number of hydrogen-bond acceptors (Lipinski definition) is 9. The van der Waals surface area contributed by atoms with Crippen LogP contribution in [0.25, 0.3) is 0 Å². The third-order valence-electron chi connectivity index (χ3n) is 7.74. The van der Waals surface area contributed by atoms with Gasteiger partial charge in [0.2, 0.25) is 17.7 Å². The van der Waals surface area contributed by atoms with Gasteiger partial charge < -0.3 is 42.3 Å². The molecule has 13 heteroatoms. The van der Waals surface area contributed by atoms with Crippen LogP contribution in [0.3, 0.4) is 0 Å². The Morgan fingerprint density at radius 2 is 2.03 bits per heavy atom. The van der Waals surface area contributed by atoms with Crippen molar-refractivity contribution in [2.75, 3.05) is 33.2 Å². The fourth-order valence-corrected chi connectivity index (χ4v) is 7.54. The number of thioether (sulfide) groups is 1. The van der Waals surface area contributed by atoms with Gasteiger partial charge in [0.25, 0.3) is 0 Å². The molecule has 0 bridgehead atoms. The first-order valence-electron chi connectivity index (χ1n) is 12.5. The molecule has 4 aliphatic rings. The summed E-state index contributed by atoms with van der Waals surface area (Å²) in [5, 5.41) is 18.9. The second-order valence-corrected chi connectivity index (χ2v) is 11.6. The van der Waals surface area contributed by atoms with Crippen LogP contribution in [-0.4, -0.2) is 107 Å². The Bertz CT molecular complexity index is 961. The summed E-state index contributed by atoms with van der Waals surface area (Å²) < 4.78 is 0. The summed E-state index contributed by atoms with van der Waals surface area (Å²) in [5.41, 5.74) is 11.9. The molecule has 8 N–H and O–H groups in total. The predicted octanol–water partition coefficient (Wildman–Crippen LogP) is -2.17. The number of likely N-dealkylation sites (tertiary alicyclic amines) is 1. The number of nitrogens with two attached hydrogens (primary N) is 2. The Balaban J connectivity index is 1.43. The maximum absolute atomic E-state index is 13.1. The standard InChI is InChI=1S/C23H37N7O5S/c1-10-18-17(11(2)28-16(31)8-26-3)22(33)30(18)19(23(34)35)20(10)36-14-5-15(27-7-14)21(32)29-9-12(25)4-13(29)6-24/h10-15,17-18,26-27H,4-9,24-25H2,1-3H3,(H,28,31)(H,34,35)/t10-,11-,12+,13+,14+,15+,17-,18-/m1/s1. The van der Waals surface area contributed by atoms with Gasteiger partial charge in [0.05, 0.1) is 24.5 Å². The molecule has 0 unspecified atom stereocenters. The van der Waals surface area contributed by atoms with Gasteiger partial charge in [0.15, 0.2) is 0 Å². The zero-order chi connectivity index (χ0) is 26.3. The van der Waals surface area contributed by atoms with Gasteiger partial charge in [-0.05, 0) is 26.8 Å². The number of nitrogens with one attached hydrogen (secondary N) is 3. The minimum absolute atomic E-state index is 0.0152. The van der Waals surface area contributed by atoms with Crippen LogP contribution >= 0.6 is 11.8 Å². The molecule has 12 nitrogen and oxygen atoms in total. The van der Waals surface area contributed by atoms with Gasteiger partial charge in [-0.25, -0.2) is 4.79 Å². The van der Waals surface area contributed by atoms with Gasteiger partial charge in [0, 0.05) is 53.8 Å². The molecule has 0 spiro atoms. The number of likely N-dealkylation sites (N-methyl/N-ethyl adjacent to an activating group) is 1. The lowest BCUT2D eigenvalue weighted by molar-refractivity contribution is -0.158. The number of amides is 3. The number of rotatable bonds is 9. The first-order valence-corrected chi connectivity index (χ1v) is 13.4. The lowest BCUT2D eigenvalue weighted by atomic mass is 9.78. The molecule has 8 atom stereocenters. The van der Waals surface area contributed by atoms with Crippen molar-refractivity contribution < 1.29 is 24.3 Å². The zero-order valence-corrected chi connectivity index (χ0v) is 21.7. The topological polar surface area (TPSA) is 183 Å². The molecular weight excluding hydrogens is 486 g/mol. The summed E-state index contributed by atoms with van der Waals surface area (Å²) in [6.07, 6.45) is 1.24. The van der Waals surface area contributed by atoms with Crippen molar-refractivity contribution in [2.24, 2.45) is 23.3 Å². The summed E-state index contributed by atoms with van der Waals surface area (Å²) in [6.45, 7) is 5.26. The highest BCUT2D eigenvalue weighted by atomic mass is 32.2. The fraction of sp³-hybridized carbons (Fsp3) is 0.739. The first-order chi connectivity index (χ1) is 17.1. The summed E-state index contributed by atoms with van der Waals surface area (Å²) in [6, 6.07) is -1.24. The van der Waals surface area contributed by atoms with Crippen LogP contribution in [0.15, 0.2) is 10.6 Å². The van der Waals surface area contributed by atoms with Crippen LogP contribution in [0.4, 0.5) is 0 Å². The highest BCUT2D eigenvalue weighted by molar-refractivity contribution is 8.03. The van der Waals surface area contributed by atoms with Gasteiger partial charge in [0.1, 0.15) is 5.70 Å². The van der Waals surface area contributed by atoms with E-state index in [1.807, 2.05) is 6.92 Å². The van der Waals surface area contributed by atoms with E-state index in [2.05, 4.69) is 16.0 Å². The molecule has 4 aliphatic heterocycles. The second kappa shape index (κ2) is 10.7. The van der Waals surface area contributed by atoms with Crippen molar-refractivity contribution in [1.82, 2.24) is 25.8 Å². The molecule has 4 rings (SSSR count). The highest BCUT2D eigenvalue weighted by Crippen LogP contribution is 2.51. The van der Waals surface area contributed by atoms with E-state index in [4.69, 9.17) is 11.5 Å². The molecule has 3 fully saturated rings. The molecule has 0 radical (unpaired) electrons. The summed E-state index contributed by atoms with van der Waals surface area (Å²) in [4.78, 5) is 54.2. The Labute approximate surface area is 214 Å². The van der Waals surface area contributed by atoms with Crippen molar-refractivity contribution in [1.29, 1.82) is 0 Å². The van der Waals surface area contributed by atoms with Gasteiger partial charge in [-0.3, -0.25) is 14.4 Å². The van der Waals surface area contributed by atoms with Crippen LogP contribution in [0.1, 0.15) is 26.7 Å². The van der Waals surface area contributed by atoms with Gasteiger partial charge in [-0.2, -0.15) is 0 Å². The van der Waals surface area contributed by atoms with E-state index in [0.29, 0.717) is 37.4 Å². The van der Waals surface area contributed by atoms with E-state index in [1.54, 1.807) is 18.9 Å². The molecule has 3 amide bonds. The van der Waals surface area contributed by atoms with Crippen LogP contribution in [0, 0.1) is 11.8 Å². The van der Waals surface area contributed by atoms with E-state index in [9.17, 15) is 24.3 Å². The molecule has 3 saturated heterocycles. The molecule has 0 aliphatic carbocycles. The monoisotopic (exact) mass is 523 g/mol. The Morgan fingerprint density at radius 3 is 2.67 bits per heavy atom. The molecule has 200 valence electrons. The number of fused-ring (bicyclic) bond motifs is 1. The predicted molar refractivity (Wildman–Crippen MR) is 134 cm³/mol. The summed E-state index contributed by atoms with van der Waals surface area (Å²) >= 11 is 1.44. The smallest absolute Gasteiger partial charge is 0.353 e. The van der Waals surface area contributed by atoms with Crippen LogP contribution in [0.2, 0.25) is 0 Å². The number of carboxylic acids is 1. The van der Waals surface area contributed by atoms with E-state index >= 15 is 0 Å². The lowest BCUT2D eigenvalue weighted by Gasteiger charge is -2.47. The number of β-lactam (4-membered cyclic amide) rings is 1. The van der Waals surface area contributed by atoms with E-state index in [-0.39, 0.29) is 65.3 Å². The van der Waals surface area contributed by atoms with Crippen LogP contribution in [-0.2, 0) is 19.2 Å². The quantitative estimate of drug-likeness (QED) is 0.182. The van der Waals surface area contributed by atoms with Gasteiger partial charge in [-0.15, -0.1) is 11.8 Å². The summed E-state index contributed by atoms with van der Waals surface area (Å²) in [7, 11) is 1.67. The number of carbonyl (C=O) groups excluding carboxylic acids is 3. The lowest BCUT2D eigenvalue weighted by Crippen LogP contribution is -2.66. The number of hydrogen-bond donors (Lipinski definition) is 6. The van der Waals surface area contributed by atoms with E-state index < -0.39 is 17.9 Å². The maximum Gasteiger partial charge on any atom is 0.353 e. The molecule has 4 heterocycles. The first kappa shape index (κ1) is 26.9. The number of nitrogens with zero attached hydrogens (tertiary/aromatic N) is 2. The summed E-state index contributed by atoms with van der Waals surface area (Å²) in [5.74, 6) is -2.34. The van der Waals surface area contributed by atoms with Crippen molar-refractivity contribution in [3.05, 3.63) is 10.6 Å². The van der Waals surface area contributed by atoms with Crippen molar-refractivity contribution in [2.45, 2.75) is 62.1 Å². The molecule has 0 aromatic carbocycles. The Hall–Kier alpha value is -2.19. The van der Waals surface area contributed by atoms with Crippen molar-refractivity contribution in [3.63, 3.8) is 0 Å². The molecule has 0 aromatic rings. The SMILES string of the molecule is CNCC(=O)N[C@H](C)[C@H]1C(=O)N2C(C(=O)O)=C(S[C@@H]3CN[C@H](C(=O)N4C[C@@H](N)C[C@H]4CN)C3)[C@H](C)[C@H]12. The minimum atomic E-state index is -1.14. The number of aliphatic carboxylic acids is 1.